The van der Waals surface area contributed by atoms with Crippen LogP contribution in [0.3, 0.4) is 0 Å². The average molecular weight is 544 g/mol. The molecule has 1 aliphatic rings. The van der Waals surface area contributed by atoms with E-state index in [1.807, 2.05) is 37.3 Å². The molecule has 1 fully saturated rings. The molecule has 1 saturated heterocycles. The molecule has 1 N–H and O–H groups in total. The van der Waals surface area contributed by atoms with E-state index in [9.17, 15) is 14.7 Å². The molecule has 1 heterocycles. The van der Waals surface area contributed by atoms with Gasteiger partial charge in [-0.25, -0.2) is 0 Å². The fourth-order valence-electron chi connectivity index (χ4n) is 4.36. The molecule has 0 unspecified atom stereocenters. The van der Waals surface area contributed by atoms with Gasteiger partial charge in [-0.15, -0.1) is 0 Å². The monoisotopic (exact) mass is 542 g/mol. The lowest BCUT2D eigenvalue weighted by Crippen LogP contribution is -2.38. The van der Waals surface area contributed by atoms with Crippen LogP contribution in [0, 0.1) is 6.92 Å². The first-order valence-electron chi connectivity index (χ1n) is 12.3. The zero-order valence-corrected chi connectivity index (χ0v) is 22.6. The van der Waals surface area contributed by atoms with Crippen molar-refractivity contribution >= 4 is 33.4 Å². The van der Waals surface area contributed by atoms with Crippen molar-refractivity contribution < 1.29 is 19.4 Å². The van der Waals surface area contributed by atoms with Crippen LogP contribution >= 0.6 is 15.9 Å². The van der Waals surface area contributed by atoms with E-state index in [1.165, 1.54) is 0 Å². The van der Waals surface area contributed by atoms with Crippen molar-refractivity contribution in [3.63, 3.8) is 0 Å². The van der Waals surface area contributed by atoms with Crippen molar-refractivity contribution in [2.75, 3.05) is 32.8 Å². The number of likely N-dealkylation sites (N-methyl/N-ethyl adjacent to an activating group) is 1. The number of halogens is 1. The molecule has 1 atom stereocenters. The highest BCUT2D eigenvalue weighted by molar-refractivity contribution is 9.10. The van der Waals surface area contributed by atoms with Crippen molar-refractivity contribution in [2.45, 2.75) is 46.6 Å². The molecular weight excluding hydrogens is 508 g/mol. The molecule has 1 aliphatic heterocycles. The summed E-state index contributed by atoms with van der Waals surface area (Å²) < 4.78 is 6.68. The highest BCUT2D eigenvalue weighted by Crippen LogP contribution is 2.40. The zero-order valence-electron chi connectivity index (χ0n) is 21.0. The number of ketones is 1. The molecule has 1 amide bonds. The minimum Gasteiger partial charge on any atom is -0.507 e. The molecule has 2 aromatic carbocycles. The van der Waals surface area contributed by atoms with Gasteiger partial charge in [0.25, 0.3) is 11.7 Å². The molecule has 0 saturated carbocycles. The number of amides is 1. The van der Waals surface area contributed by atoms with Crippen LogP contribution in [0.2, 0.25) is 0 Å². The quantitative estimate of drug-likeness (QED) is 0.171. The number of aliphatic hydroxyl groups is 1. The summed E-state index contributed by atoms with van der Waals surface area (Å²) in [5.74, 6) is -0.659. The van der Waals surface area contributed by atoms with Gasteiger partial charge in [-0.1, -0.05) is 55.3 Å². The molecule has 0 spiro atoms. The minimum atomic E-state index is -0.663. The van der Waals surface area contributed by atoms with Crippen molar-refractivity contribution in [1.82, 2.24) is 9.80 Å². The van der Waals surface area contributed by atoms with E-state index in [0.717, 1.165) is 47.3 Å². The number of Topliss-reactive ketones (excluding diaryl/α,β-unsaturated/α-hetero) is 1. The Morgan fingerprint density at radius 2 is 1.86 bits per heavy atom. The van der Waals surface area contributed by atoms with Gasteiger partial charge in [-0.3, -0.25) is 9.59 Å². The molecule has 188 valence electrons. The van der Waals surface area contributed by atoms with Gasteiger partial charge in [0.2, 0.25) is 0 Å². The number of rotatable bonds is 11. The summed E-state index contributed by atoms with van der Waals surface area (Å²) in [5, 5.41) is 11.3. The molecular formula is C28H35BrN2O4. The highest BCUT2D eigenvalue weighted by atomic mass is 79.9. The maximum Gasteiger partial charge on any atom is 0.295 e. The van der Waals surface area contributed by atoms with Crippen LogP contribution in [-0.4, -0.2) is 59.4 Å². The maximum absolute atomic E-state index is 13.3. The Hall–Kier alpha value is -2.64. The molecule has 0 aliphatic carbocycles. The zero-order chi connectivity index (χ0) is 25.5. The van der Waals surface area contributed by atoms with Crippen molar-refractivity contribution in [2.24, 2.45) is 0 Å². The summed E-state index contributed by atoms with van der Waals surface area (Å²) in [5.41, 5.74) is 2.25. The average Bonchev–Trinajstić information content (AvgIpc) is 3.10. The van der Waals surface area contributed by atoms with Gasteiger partial charge in [-0.2, -0.15) is 0 Å². The number of carbonyl (C=O) groups is 2. The topological polar surface area (TPSA) is 70.1 Å². The predicted octanol–water partition coefficient (Wildman–Crippen LogP) is 5.70. The molecule has 6 nitrogen and oxygen atoms in total. The van der Waals surface area contributed by atoms with Crippen molar-refractivity contribution in [3.05, 3.63) is 69.2 Å². The summed E-state index contributed by atoms with van der Waals surface area (Å²) in [4.78, 5) is 30.2. The van der Waals surface area contributed by atoms with E-state index in [4.69, 9.17) is 4.74 Å². The first kappa shape index (κ1) is 27.0. The number of likely N-dealkylation sites (tertiary alicyclic amines) is 1. The lowest BCUT2D eigenvalue weighted by molar-refractivity contribution is -0.140. The Labute approximate surface area is 216 Å². The summed E-state index contributed by atoms with van der Waals surface area (Å²) in [7, 11) is 0. The number of hydrogen-bond donors (Lipinski definition) is 1. The third-order valence-corrected chi connectivity index (χ3v) is 6.95. The summed E-state index contributed by atoms with van der Waals surface area (Å²) in [6.45, 7) is 11.5. The number of ether oxygens (including phenoxy) is 1. The van der Waals surface area contributed by atoms with E-state index in [-0.39, 0.29) is 11.3 Å². The normalized spacial score (nSPS) is 17.4. The van der Waals surface area contributed by atoms with E-state index < -0.39 is 17.7 Å². The predicted molar refractivity (Wildman–Crippen MR) is 143 cm³/mol. The van der Waals surface area contributed by atoms with Gasteiger partial charge in [0.1, 0.15) is 11.5 Å². The van der Waals surface area contributed by atoms with Gasteiger partial charge in [0.05, 0.1) is 18.2 Å². The highest BCUT2D eigenvalue weighted by Gasteiger charge is 2.46. The van der Waals surface area contributed by atoms with Crippen LogP contribution in [-0.2, 0) is 9.59 Å². The summed E-state index contributed by atoms with van der Waals surface area (Å²) in [6, 6.07) is 12.2. The molecule has 0 radical (unpaired) electrons. The van der Waals surface area contributed by atoms with Gasteiger partial charge in [0.15, 0.2) is 0 Å². The second-order valence-electron chi connectivity index (χ2n) is 8.76. The smallest absolute Gasteiger partial charge is 0.295 e. The Balaban J connectivity index is 2.04. The molecule has 35 heavy (non-hydrogen) atoms. The van der Waals surface area contributed by atoms with Crippen LogP contribution in [0.15, 0.2) is 52.5 Å². The first-order chi connectivity index (χ1) is 16.8. The summed E-state index contributed by atoms with van der Waals surface area (Å²) in [6.07, 6.45) is 2.01. The lowest BCUT2D eigenvalue weighted by atomic mass is 9.95. The SMILES string of the molecule is CCCCOc1ccc(C(O)=C2C(=O)C(=O)N(CCN(CC)CC)[C@H]2c2cccc(Br)c2)cc1C. The number of unbranched alkanes of at least 4 members (excludes halogenated alkanes) is 1. The second-order valence-corrected chi connectivity index (χ2v) is 9.67. The number of aliphatic hydroxyl groups excluding tert-OH is 1. The maximum atomic E-state index is 13.3. The van der Waals surface area contributed by atoms with Gasteiger partial charge < -0.3 is 19.6 Å². The second kappa shape index (κ2) is 12.4. The molecule has 7 heteroatoms. The molecule has 3 rings (SSSR count). The number of hydrogen-bond acceptors (Lipinski definition) is 5. The Morgan fingerprint density at radius 3 is 2.49 bits per heavy atom. The fraction of sp³-hybridized carbons (Fsp3) is 0.429. The Kier molecular flexibility index (Phi) is 9.52. The van der Waals surface area contributed by atoms with E-state index in [0.29, 0.717) is 25.3 Å². The van der Waals surface area contributed by atoms with Crippen LogP contribution in [0.25, 0.3) is 5.76 Å². The van der Waals surface area contributed by atoms with E-state index >= 15 is 0 Å². The number of nitrogens with zero attached hydrogens (tertiary/aromatic N) is 2. The molecule has 0 aromatic heterocycles. The molecule has 2 aromatic rings. The minimum absolute atomic E-state index is 0.117. The number of aryl methyl sites for hydroxylation is 1. The Morgan fingerprint density at radius 1 is 1.11 bits per heavy atom. The fourth-order valence-corrected chi connectivity index (χ4v) is 4.78. The van der Waals surface area contributed by atoms with Crippen LogP contribution in [0.4, 0.5) is 0 Å². The van der Waals surface area contributed by atoms with Crippen LogP contribution in [0.5, 0.6) is 5.75 Å². The summed E-state index contributed by atoms with van der Waals surface area (Å²) >= 11 is 3.50. The molecule has 0 bridgehead atoms. The Bertz CT molecular complexity index is 1090. The largest absolute Gasteiger partial charge is 0.507 e. The number of carbonyl (C=O) groups excluding carboxylic acids is 2. The van der Waals surface area contributed by atoms with Crippen LogP contribution in [0.1, 0.15) is 56.3 Å². The lowest BCUT2D eigenvalue weighted by Gasteiger charge is -2.28. The first-order valence-corrected chi connectivity index (χ1v) is 13.1. The van der Waals surface area contributed by atoms with Gasteiger partial charge >= 0.3 is 0 Å². The van der Waals surface area contributed by atoms with Crippen LogP contribution < -0.4 is 4.74 Å². The van der Waals surface area contributed by atoms with Crippen molar-refractivity contribution in [3.8, 4) is 5.75 Å². The van der Waals surface area contributed by atoms with E-state index in [1.54, 1.807) is 17.0 Å². The number of benzene rings is 2. The van der Waals surface area contributed by atoms with Crippen molar-refractivity contribution in [1.29, 1.82) is 0 Å². The third kappa shape index (κ3) is 6.14. The van der Waals surface area contributed by atoms with Gasteiger partial charge in [-0.05, 0) is 67.9 Å². The van der Waals surface area contributed by atoms with E-state index in [2.05, 4.69) is 41.6 Å². The third-order valence-electron chi connectivity index (χ3n) is 6.46. The van der Waals surface area contributed by atoms with Gasteiger partial charge in [0, 0.05) is 23.1 Å². The standard InChI is InChI=1S/C28H35BrN2O4/c1-5-8-16-35-23-13-12-21(17-19(23)4)26(32)24-25(20-10-9-11-22(29)18-20)31(28(34)27(24)33)15-14-30(6-2)7-3/h9-13,17-18,25,32H,5-8,14-16H2,1-4H3/t25-/m0/s1.